The van der Waals surface area contributed by atoms with Gasteiger partial charge in [-0.1, -0.05) is 96.3 Å². The minimum atomic E-state index is 0.507. The zero-order valence-corrected chi connectivity index (χ0v) is 17.9. The molecule has 152 valence electrons. The predicted octanol–water partition coefficient (Wildman–Crippen LogP) is 7.72. The van der Waals surface area contributed by atoms with Crippen molar-refractivity contribution in [2.24, 2.45) is 0 Å². The fraction of sp³-hybridized carbons (Fsp3) is 0.680. The Morgan fingerprint density at radius 2 is 1.26 bits per heavy atom. The molecule has 2 nitrogen and oxygen atoms in total. The largest absolute Gasteiger partial charge is 0.356 e. The minimum Gasteiger partial charge on any atom is -0.356 e. The highest BCUT2D eigenvalue weighted by atomic mass is 15.4. The summed E-state index contributed by atoms with van der Waals surface area (Å²) in [5, 5.41) is 0. The van der Waals surface area contributed by atoms with E-state index >= 15 is 0 Å². The molecule has 1 aromatic carbocycles. The molecule has 1 atom stereocenters. The molecular weight excluding hydrogens is 328 g/mol. The van der Waals surface area contributed by atoms with Gasteiger partial charge in [0.05, 0.1) is 0 Å². The fourth-order valence-electron chi connectivity index (χ4n) is 4.08. The van der Waals surface area contributed by atoms with Gasteiger partial charge >= 0.3 is 0 Å². The molecule has 0 bridgehead atoms. The average Bonchev–Trinajstić information content (AvgIpc) is 3.10. The van der Waals surface area contributed by atoms with Gasteiger partial charge in [-0.25, -0.2) is 0 Å². The Morgan fingerprint density at radius 1 is 0.667 bits per heavy atom. The molecule has 0 saturated carbocycles. The highest BCUT2D eigenvalue weighted by molar-refractivity contribution is 5.51. The molecule has 0 saturated heterocycles. The smallest absolute Gasteiger partial charge is 0.105 e. The lowest BCUT2D eigenvalue weighted by atomic mass is 10.1. The van der Waals surface area contributed by atoms with Crippen LogP contribution in [-0.4, -0.2) is 17.6 Å². The SMILES string of the molecule is CCCCCCCCCCCN1C=CN(c2ccccc2)C1CCCCC. The van der Waals surface area contributed by atoms with E-state index in [1.54, 1.807) is 0 Å². The van der Waals surface area contributed by atoms with E-state index in [9.17, 15) is 0 Å². The van der Waals surface area contributed by atoms with Gasteiger partial charge in [-0.05, 0) is 31.4 Å². The molecule has 2 rings (SSSR count). The van der Waals surface area contributed by atoms with Crippen molar-refractivity contribution in [1.29, 1.82) is 0 Å². The molecule has 0 fully saturated rings. The first-order chi connectivity index (χ1) is 13.4. The lowest BCUT2D eigenvalue weighted by molar-refractivity contribution is 0.273. The van der Waals surface area contributed by atoms with Gasteiger partial charge in [-0.15, -0.1) is 0 Å². The molecule has 0 spiro atoms. The predicted molar refractivity (Wildman–Crippen MR) is 120 cm³/mol. The first-order valence-electron chi connectivity index (χ1n) is 11.6. The molecule has 0 radical (unpaired) electrons. The van der Waals surface area contributed by atoms with E-state index in [1.165, 1.54) is 95.7 Å². The van der Waals surface area contributed by atoms with E-state index < -0.39 is 0 Å². The number of rotatable bonds is 15. The van der Waals surface area contributed by atoms with Crippen LogP contribution in [-0.2, 0) is 0 Å². The molecule has 0 aliphatic carbocycles. The quantitative estimate of drug-likeness (QED) is 0.292. The number of para-hydroxylation sites is 1. The van der Waals surface area contributed by atoms with Crippen molar-refractivity contribution in [3.8, 4) is 0 Å². The first-order valence-corrected chi connectivity index (χ1v) is 11.6. The van der Waals surface area contributed by atoms with Gasteiger partial charge in [0.25, 0.3) is 0 Å². The zero-order chi connectivity index (χ0) is 19.2. The van der Waals surface area contributed by atoms with Crippen LogP contribution in [0.5, 0.6) is 0 Å². The molecule has 0 amide bonds. The summed E-state index contributed by atoms with van der Waals surface area (Å²) < 4.78 is 0. The number of nitrogens with zero attached hydrogens (tertiary/aromatic N) is 2. The van der Waals surface area contributed by atoms with Crippen LogP contribution in [0.1, 0.15) is 97.3 Å². The summed E-state index contributed by atoms with van der Waals surface area (Å²) in [6.07, 6.45) is 23.0. The summed E-state index contributed by atoms with van der Waals surface area (Å²) in [4.78, 5) is 5.06. The molecule has 1 aliphatic heterocycles. The summed E-state index contributed by atoms with van der Waals surface area (Å²) in [6, 6.07) is 10.9. The molecular formula is C25H42N2. The number of hydrogen-bond donors (Lipinski definition) is 0. The topological polar surface area (TPSA) is 6.48 Å². The normalized spacial score (nSPS) is 16.4. The summed E-state index contributed by atoms with van der Waals surface area (Å²) in [6.45, 7) is 5.79. The molecule has 1 aliphatic rings. The third-order valence-corrected chi connectivity index (χ3v) is 5.76. The maximum absolute atomic E-state index is 2.59. The maximum atomic E-state index is 2.59. The Labute approximate surface area is 168 Å². The lowest BCUT2D eigenvalue weighted by Gasteiger charge is -2.33. The van der Waals surface area contributed by atoms with E-state index in [0.717, 1.165) is 0 Å². The van der Waals surface area contributed by atoms with Crippen molar-refractivity contribution >= 4 is 5.69 Å². The summed E-state index contributed by atoms with van der Waals surface area (Å²) in [7, 11) is 0. The number of anilines is 1. The third-order valence-electron chi connectivity index (χ3n) is 5.76. The summed E-state index contributed by atoms with van der Waals surface area (Å²) in [5.74, 6) is 0. The van der Waals surface area contributed by atoms with E-state index in [4.69, 9.17) is 0 Å². The molecule has 1 unspecified atom stereocenters. The maximum Gasteiger partial charge on any atom is 0.105 e. The average molecular weight is 371 g/mol. The van der Waals surface area contributed by atoms with Gasteiger partial charge in [0, 0.05) is 24.6 Å². The fourth-order valence-corrected chi connectivity index (χ4v) is 4.08. The van der Waals surface area contributed by atoms with E-state index in [-0.39, 0.29) is 0 Å². The third kappa shape index (κ3) is 7.99. The van der Waals surface area contributed by atoms with Crippen molar-refractivity contribution < 1.29 is 0 Å². The van der Waals surface area contributed by atoms with Crippen LogP contribution < -0.4 is 4.90 Å². The molecule has 27 heavy (non-hydrogen) atoms. The zero-order valence-electron chi connectivity index (χ0n) is 17.9. The Morgan fingerprint density at radius 3 is 1.93 bits per heavy atom. The number of hydrogen-bond acceptors (Lipinski definition) is 2. The Hall–Kier alpha value is -1.44. The number of unbranched alkanes of at least 4 members (excludes halogenated alkanes) is 10. The van der Waals surface area contributed by atoms with Gasteiger partial charge in [0.15, 0.2) is 0 Å². The van der Waals surface area contributed by atoms with Crippen molar-refractivity contribution in [1.82, 2.24) is 4.90 Å². The van der Waals surface area contributed by atoms with E-state index in [1.807, 2.05) is 0 Å². The molecule has 2 heteroatoms. The van der Waals surface area contributed by atoms with Crippen LogP contribution in [0.3, 0.4) is 0 Å². The first kappa shape index (κ1) is 21.9. The highest BCUT2D eigenvalue weighted by Crippen LogP contribution is 2.28. The van der Waals surface area contributed by atoms with Crippen LogP contribution >= 0.6 is 0 Å². The van der Waals surface area contributed by atoms with Crippen LogP contribution in [0.2, 0.25) is 0 Å². The standard InChI is InChI=1S/C25H42N2/c1-3-5-7-8-9-10-11-12-17-21-26-22-23-27(24-18-15-13-16-19-24)25(26)20-14-6-4-2/h13,15-16,18-19,22-23,25H,3-12,14,17,20-21H2,1-2H3. The minimum absolute atomic E-state index is 0.507. The molecule has 0 aromatic heterocycles. The Kier molecular flexibility index (Phi) is 11.1. The Balaban J connectivity index is 1.71. The summed E-state index contributed by atoms with van der Waals surface area (Å²) >= 11 is 0. The molecule has 1 aromatic rings. The number of benzene rings is 1. The van der Waals surface area contributed by atoms with Crippen LogP contribution in [0.4, 0.5) is 5.69 Å². The van der Waals surface area contributed by atoms with Gasteiger partial charge < -0.3 is 9.80 Å². The molecule has 1 heterocycles. The van der Waals surface area contributed by atoms with Crippen molar-refractivity contribution in [3.63, 3.8) is 0 Å². The van der Waals surface area contributed by atoms with Gasteiger partial charge in [-0.3, -0.25) is 0 Å². The Bertz CT molecular complexity index is 496. The second kappa shape index (κ2) is 13.7. The van der Waals surface area contributed by atoms with Crippen LogP contribution in [0, 0.1) is 0 Å². The highest BCUT2D eigenvalue weighted by Gasteiger charge is 2.26. The summed E-state index contributed by atoms with van der Waals surface area (Å²) in [5.41, 5.74) is 1.32. The van der Waals surface area contributed by atoms with E-state index in [2.05, 4.69) is 66.4 Å². The van der Waals surface area contributed by atoms with Crippen molar-refractivity contribution in [3.05, 3.63) is 42.7 Å². The van der Waals surface area contributed by atoms with Gasteiger partial charge in [-0.2, -0.15) is 0 Å². The lowest BCUT2D eigenvalue weighted by Crippen LogP contribution is -2.39. The van der Waals surface area contributed by atoms with E-state index in [0.29, 0.717) is 6.17 Å². The monoisotopic (exact) mass is 370 g/mol. The van der Waals surface area contributed by atoms with Crippen molar-refractivity contribution in [2.45, 2.75) is 103 Å². The second-order valence-electron chi connectivity index (χ2n) is 8.08. The second-order valence-corrected chi connectivity index (χ2v) is 8.08. The van der Waals surface area contributed by atoms with Gasteiger partial charge in [0.2, 0.25) is 0 Å². The van der Waals surface area contributed by atoms with Crippen molar-refractivity contribution in [2.75, 3.05) is 11.4 Å². The van der Waals surface area contributed by atoms with Gasteiger partial charge in [0.1, 0.15) is 6.17 Å². The van der Waals surface area contributed by atoms with Crippen LogP contribution in [0.15, 0.2) is 42.7 Å². The van der Waals surface area contributed by atoms with Crippen LogP contribution in [0.25, 0.3) is 0 Å². The molecule has 0 N–H and O–H groups in total.